The minimum Gasteiger partial charge on any atom is -0.356 e. The Kier molecular flexibility index (Phi) is 4.37. The largest absolute Gasteiger partial charge is 0.356 e. The summed E-state index contributed by atoms with van der Waals surface area (Å²) in [7, 11) is 1.97. The predicted octanol–water partition coefficient (Wildman–Crippen LogP) is 2.49. The number of halogens is 2. The van der Waals surface area contributed by atoms with E-state index in [1.807, 2.05) is 40.1 Å². The van der Waals surface area contributed by atoms with Gasteiger partial charge in [-0.25, -0.2) is 23.7 Å². The Morgan fingerprint density at radius 2 is 2.00 bits per heavy atom. The van der Waals surface area contributed by atoms with E-state index < -0.39 is 17.8 Å². The third-order valence-electron chi connectivity index (χ3n) is 7.32. The molecule has 1 aliphatic heterocycles. The number of hydrogen-bond acceptors (Lipinski definition) is 5. The Morgan fingerprint density at radius 1 is 1.21 bits per heavy atom. The molecule has 3 aromatic heterocycles. The molecule has 2 aliphatic carbocycles. The molecular weight excluding hydrogens is 428 g/mol. The van der Waals surface area contributed by atoms with Crippen molar-refractivity contribution in [2.45, 2.75) is 38.3 Å². The molecule has 2 fully saturated rings. The van der Waals surface area contributed by atoms with Crippen molar-refractivity contribution in [1.29, 1.82) is 0 Å². The van der Waals surface area contributed by atoms with E-state index in [0.29, 0.717) is 25.3 Å². The second-order valence-electron chi connectivity index (χ2n) is 9.39. The third kappa shape index (κ3) is 3.30. The molecule has 3 aromatic rings. The van der Waals surface area contributed by atoms with Crippen LogP contribution in [-0.2, 0) is 20.0 Å². The number of amides is 1. The van der Waals surface area contributed by atoms with E-state index in [1.54, 1.807) is 18.9 Å². The van der Waals surface area contributed by atoms with Crippen molar-refractivity contribution >= 4 is 11.7 Å². The van der Waals surface area contributed by atoms with Crippen molar-refractivity contribution in [3.05, 3.63) is 59.3 Å². The molecule has 1 saturated carbocycles. The lowest BCUT2D eigenvalue weighted by molar-refractivity contribution is 0.0796. The minimum absolute atomic E-state index is 0.0885. The van der Waals surface area contributed by atoms with Gasteiger partial charge in [0.1, 0.15) is 11.5 Å². The molecule has 8 nitrogen and oxygen atoms in total. The number of carbonyl (C=O) groups excluding carboxylic acids is 1. The lowest BCUT2D eigenvalue weighted by Crippen LogP contribution is -2.28. The Morgan fingerprint density at radius 3 is 2.76 bits per heavy atom. The van der Waals surface area contributed by atoms with Gasteiger partial charge in [0, 0.05) is 37.7 Å². The van der Waals surface area contributed by atoms with Crippen molar-refractivity contribution in [3.63, 3.8) is 0 Å². The summed E-state index contributed by atoms with van der Waals surface area (Å²) in [6.07, 6.45) is 6.88. The van der Waals surface area contributed by atoms with Gasteiger partial charge in [-0.2, -0.15) is 0 Å². The number of nitrogens with zero attached hydrogens (tertiary/aromatic N) is 6. The molecular formula is C23H25F2N7O. The van der Waals surface area contributed by atoms with Gasteiger partial charge in [0.2, 0.25) is 0 Å². The smallest absolute Gasteiger partial charge is 0.272 e. The fourth-order valence-electron chi connectivity index (χ4n) is 5.24. The zero-order chi connectivity index (χ0) is 22.9. The van der Waals surface area contributed by atoms with Crippen molar-refractivity contribution in [2.24, 2.45) is 18.9 Å². The number of piperidine rings is 1. The van der Waals surface area contributed by atoms with E-state index >= 15 is 0 Å². The van der Waals surface area contributed by atoms with Crippen molar-refractivity contribution in [3.8, 4) is 0 Å². The molecule has 33 heavy (non-hydrogen) atoms. The number of nitrogens with one attached hydrogen (secondary N) is 1. The normalized spacial score (nSPS) is 24.6. The Balaban J connectivity index is 1.10. The summed E-state index contributed by atoms with van der Waals surface area (Å²) >= 11 is 0. The van der Waals surface area contributed by atoms with Gasteiger partial charge in [0.15, 0.2) is 0 Å². The number of rotatable bonds is 5. The van der Waals surface area contributed by atoms with E-state index in [9.17, 15) is 13.6 Å². The van der Waals surface area contributed by atoms with Crippen LogP contribution in [0.5, 0.6) is 0 Å². The minimum atomic E-state index is -2.49. The van der Waals surface area contributed by atoms with Crippen molar-refractivity contribution in [2.75, 3.05) is 18.0 Å². The van der Waals surface area contributed by atoms with Gasteiger partial charge in [-0.05, 0) is 31.4 Å². The summed E-state index contributed by atoms with van der Waals surface area (Å²) in [6.45, 7) is 3.17. The molecule has 3 atom stereocenters. The van der Waals surface area contributed by atoms with E-state index in [1.165, 1.54) is 0 Å². The SMILES string of the molecule is Cc1nc(N2CC3C(C2)C3(F)F)ccc1Cn1cnc(C(=O)N[C@@H]2CCc3c2ncn3C)c1. The van der Waals surface area contributed by atoms with E-state index in [0.717, 1.165) is 41.3 Å². The summed E-state index contributed by atoms with van der Waals surface area (Å²) in [5, 5.41) is 3.04. The fraction of sp³-hybridized carbons (Fsp3) is 0.478. The van der Waals surface area contributed by atoms with E-state index in [4.69, 9.17) is 0 Å². The average Bonchev–Trinajstić information content (AvgIpc) is 3.41. The van der Waals surface area contributed by atoms with Crippen LogP contribution in [0.15, 0.2) is 31.0 Å². The summed E-state index contributed by atoms with van der Waals surface area (Å²) in [5.41, 5.74) is 4.29. The number of hydrogen-bond donors (Lipinski definition) is 1. The number of carbonyl (C=O) groups is 1. The van der Waals surface area contributed by atoms with Crippen LogP contribution in [0.2, 0.25) is 0 Å². The highest BCUT2D eigenvalue weighted by Gasteiger charge is 2.71. The van der Waals surface area contributed by atoms with Crippen LogP contribution in [0.1, 0.15) is 45.6 Å². The first-order valence-corrected chi connectivity index (χ1v) is 11.2. The summed E-state index contributed by atoms with van der Waals surface area (Å²) in [4.78, 5) is 28.0. The van der Waals surface area contributed by atoms with Gasteiger partial charge in [0.05, 0.1) is 42.8 Å². The molecule has 0 bridgehead atoms. The highest BCUT2D eigenvalue weighted by Crippen LogP contribution is 2.59. The highest BCUT2D eigenvalue weighted by molar-refractivity contribution is 5.92. The molecule has 2 unspecified atom stereocenters. The molecule has 0 aromatic carbocycles. The number of anilines is 1. The van der Waals surface area contributed by atoms with Crippen molar-refractivity contribution < 1.29 is 13.6 Å². The Labute approximate surface area is 189 Å². The monoisotopic (exact) mass is 453 g/mol. The maximum atomic E-state index is 13.5. The lowest BCUT2D eigenvalue weighted by Gasteiger charge is -2.21. The maximum absolute atomic E-state index is 13.5. The van der Waals surface area contributed by atoms with Gasteiger partial charge in [-0.1, -0.05) is 6.07 Å². The van der Waals surface area contributed by atoms with Crippen LogP contribution in [0.3, 0.4) is 0 Å². The van der Waals surface area contributed by atoms with Crippen LogP contribution in [0.25, 0.3) is 0 Å². The highest BCUT2D eigenvalue weighted by atomic mass is 19.3. The van der Waals surface area contributed by atoms with E-state index in [-0.39, 0.29) is 11.9 Å². The Hall–Kier alpha value is -3.30. The van der Waals surface area contributed by atoms with Crippen LogP contribution in [0.4, 0.5) is 14.6 Å². The third-order valence-corrected chi connectivity index (χ3v) is 7.32. The standard InChI is InChI=1S/C23H25F2N7O/c1-13-14(3-6-20(28-13)32-8-15-16(9-32)23(15,24)25)7-31-10-18(26-12-31)22(33)29-17-4-5-19-21(17)27-11-30(19)2/h3,6,10-12,15-17H,4-5,7-9H2,1-2H3,(H,29,33)/t15?,16?,17-/m1/s1. The number of alkyl halides is 2. The van der Waals surface area contributed by atoms with Gasteiger partial charge < -0.3 is 19.4 Å². The molecule has 172 valence electrons. The fourth-order valence-corrected chi connectivity index (χ4v) is 5.24. The molecule has 1 N–H and O–H groups in total. The Bertz CT molecular complexity index is 1240. The summed E-state index contributed by atoms with van der Waals surface area (Å²) in [5.74, 6) is -3.01. The van der Waals surface area contributed by atoms with E-state index in [2.05, 4.69) is 20.3 Å². The molecule has 0 spiro atoms. The molecule has 3 aliphatic rings. The number of aromatic nitrogens is 5. The summed E-state index contributed by atoms with van der Waals surface area (Å²) < 4.78 is 30.8. The van der Waals surface area contributed by atoms with Gasteiger partial charge in [-0.3, -0.25) is 4.79 Å². The molecule has 10 heteroatoms. The first kappa shape index (κ1) is 20.3. The predicted molar refractivity (Wildman–Crippen MR) is 116 cm³/mol. The number of pyridine rings is 1. The second-order valence-corrected chi connectivity index (χ2v) is 9.39. The average molecular weight is 453 g/mol. The van der Waals surface area contributed by atoms with Gasteiger partial charge in [-0.15, -0.1) is 0 Å². The van der Waals surface area contributed by atoms with Gasteiger partial charge in [0.25, 0.3) is 11.8 Å². The molecule has 4 heterocycles. The first-order valence-electron chi connectivity index (χ1n) is 11.2. The molecule has 1 amide bonds. The quantitative estimate of drug-likeness (QED) is 0.642. The van der Waals surface area contributed by atoms with Crippen LogP contribution < -0.4 is 10.2 Å². The topological polar surface area (TPSA) is 80.9 Å². The maximum Gasteiger partial charge on any atom is 0.272 e. The molecule has 0 radical (unpaired) electrons. The summed E-state index contributed by atoms with van der Waals surface area (Å²) in [6, 6.07) is 3.77. The second kappa shape index (κ2) is 7.10. The zero-order valence-electron chi connectivity index (χ0n) is 18.5. The first-order chi connectivity index (χ1) is 15.8. The number of aryl methyl sites for hydroxylation is 2. The zero-order valence-corrected chi connectivity index (χ0v) is 18.5. The van der Waals surface area contributed by atoms with Crippen molar-refractivity contribution in [1.82, 2.24) is 29.4 Å². The van der Waals surface area contributed by atoms with Crippen LogP contribution >= 0.6 is 0 Å². The lowest BCUT2D eigenvalue weighted by atomic mass is 10.2. The van der Waals surface area contributed by atoms with Gasteiger partial charge >= 0.3 is 0 Å². The van der Waals surface area contributed by atoms with Crippen LogP contribution in [-0.4, -0.2) is 49.0 Å². The number of imidazole rings is 2. The number of fused-ring (bicyclic) bond motifs is 2. The molecule has 1 saturated heterocycles. The van der Waals surface area contributed by atoms with Crippen LogP contribution in [0, 0.1) is 18.8 Å². The molecule has 6 rings (SSSR count).